The predicted molar refractivity (Wildman–Crippen MR) is 123 cm³/mol. The first-order chi connectivity index (χ1) is 14.1. The summed E-state index contributed by atoms with van der Waals surface area (Å²) >= 11 is 0. The molecular weight excluding hydrogens is 356 g/mol. The number of aliphatic hydroxyl groups excluding tert-OH is 1. The molecule has 0 radical (unpaired) electrons. The van der Waals surface area contributed by atoms with Crippen LogP contribution in [0, 0.1) is 5.92 Å². The van der Waals surface area contributed by atoms with E-state index in [1.807, 2.05) is 12.4 Å². The van der Waals surface area contributed by atoms with Gasteiger partial charge in [-0.15, -0.1) is 0 Å². The quantitative estimate of drug-likeness (QED) is 0.358. The molecule has 1 aromatic heterocycles. The van der Waals surface area contributed by atoms with Crippen LogP contribution in [0.5, 0.6) is 0 Å². The van der Waals surface area contributed by atoms with Crippen LogP contribution in [0.1, 0.15) is 89.7 Å². The highest BCUT2D eigenvalue weighted by Crippen LogP contribution is 2.19. The first-order valence-corrected chi connectivity index (χ1v) is 11.7. The van der Waals surface area contributed by atoms with Crippen LogP contribution in [0.2, 0.25) is 0 Å². The summed E-state index contributed by atoms with van der Waals surface area (Å²) in [7, 11) is 0. The Labute approximate surface area is 178 Å². The summed E-state index contributed by atoms with van der Waals surface area (Å²) in [5, 5.41) is 10.2. The van der Waals surface area contributed by atoms with Gasteiger partial charge in [0.2, 0.25) is 0 Å². The second kappa shape index (κ2) is 13.5. The molecule has 3 heteroatoms. The summed E-state index contributed by atoms with van der Waals surface area (Å²) < 4.78 is 0. The molecule has 0 aliphatic carbocycles. The SMILES string of the molecule is CCCCCCCCCCc1cnc(-c2ccc(C[C@H](O)[C@@H](C)CC)cc2)nc1. The van der Waals surface area contributed by atoms with Crippen LogP contribution in [0.15, 0.2) is 36.7 Å². The average molecular weight is 397 g/mol. The molecule has 0 unspecified atom stereocenters. The van der Waals surface area contributed by atoms with Crippen LogP contribution in [-0.2, 0) is 12.8 Å². The summed E-state index contributed by atoms with van der Waals surface area (Å²) in [5.41, 5.74) is 3.42. The van der Waals surface area contributed by atoms with Gasteiger partial charge in [-0.3, -0.25) is 0 Å². The molecule has 3 nitrogen and oxygen atoms in total. The van der Waals surface area contributed by atoms with Gasteiger partial charge in [0.15, 0.2) is 5.82 Å². The van der Waals surface area contributed by atoms with Gasteiger partial charge in [-0.2, -0.15) is 0 Å². The topological polar surface area (TPSA) is 46.0 Å². The average Bonchev–Trinajstić information content (AvgIpc) is 2.76. The molecule has 2 rings (SSSR count). The highest BCUT2D eigenvalue weighted by atomic mass is 16.3. The van der Waals surface area contributed by atoms with E-state index >= 15 is 0 Å². The van der Waals surface area contributed by atoms with Gasteiger partial charge in [-0.1, -0.05) is 96.4 Å². The van der Waals surface area contributed by atoms with Crippen LogP contribution in [0.3, 0.4) is 0 Å². The summed E-state index contributed by atoms with van der Waals surface area (Å²) in [6.07, 6.45) is 17.2. The van der Waals surface area contributed by atoms with Gasteiger partial charge >= 0.3 is 0 Å². The maximum atomic E-state index is 10.2. The fourth-order valence-electron chi connectivity index (χ4n) is 3.60. The van der Waals surface area contributed by atoms with E-state index in [9.17, 15) is 5.11 Å². The fourth-order valence-corrected chi connectivity index (χ4v) is 3.60. The van der Waals surface area contributed by atoms with Crippen LogP contribution >= 0.6 is 0 Å². The van der Waals surface area contributed by atoms with Gasteiger partial charge in [0.05, 0.1) is 6.10 Å². The molecule has 0 saturated carbocycles. The number of aryl methyl sites for hydroxylation is 1. The molecule has 2 aromatic rings. The molecular formula is C26H40N2O. The van der Waals surface area contributed by atoms with E-state index in [0.717, 1.165) is 29.8 Å². The monoisotopic (exact) mass is 396 g/mol. The molecule has 29 heavy (non-hydrogen) atoms. The number of aromatic nitrogens is 2. The van der Waals surface area contributed by atoms with E-state index in [-0.39, 0.29) is 6.10 Å². The lowest BCUT2D eigenvalue weighted by Gasteiger charge is -2.17. The van der Waals surface area contributed by atoms with Crippen LogP contribution in [0.25, 0.3) is 11.4 Å². The number of rotatable bonds is 14. The zero-order valence-corrected chi connectivity index (χ0v) is 18.7. The molecule has 0 saturated heterocycles. The van der Waals surface area contributed by atoms with Crippen molar-refractivity contribution in [3.63, 3.8) is 0 Å². The molecule has 1 N–H and O–H groups in total. The lowest BCUT2D eigenvalue weighted by Crippen LogP contribution is -2.19. The van der Waals surface area contributed by atoms with Gasteiger partial charge < -0.3 is 5.11 Å². The molecule has 1 heterocycles. The third-order valence-corrected chi connectivity index (χ3v) is 5.98. The van der Waals surface area contributed by atoms with Gasteiger partial charge in [0.1, 0.15) is 0 Å². The zero-order chi connectivity index (χ0) is 20.9. The van der Waals surface area contributed by atoms with Crippen molar-refractivity contribution >= 4 is 0 Å². The van der Waals surface area contributed by atoms with Gasteiger partial charge in [-0.05, 0) is 36.3 Å². The molecule has 0 fully saturated rings. The molecule has 160 valence electrons. The summed E-state index contributed by atoms with van der Waals surface area (Å²) in [6.45, 7) is 6.48. The van der Waals surface area contributed by atoms with Crippen molar-refractivity contribution < 1.29 is 5.11 Å². The van der Waals surface area contributed by atoms with Crippen LogP contribution < -0.4 is 0 Å². The first-order valence-electron chi connectivity index (χ1n) is 11.7. The highest BCUT2D eigenvalue weighted by Gasteiger charge is 2.13. The Balaban J connectivity index is 1.75. The van der Waals surface area contributed by atoms with Crippen molar-refractivity contribution in [2.75, 3.05) is 0 Å². The van der Waals surface area contributed by atoms with Crippen molar-refractivity contribution in [2.45, 2.75) is 97.5 Å². The number of unbranched alkanes of at least 4 members (excludes halogenated alkanes) is 7. The number of aliphatic hydroxyl groups is 1. The zero-order valence-electron chi connectivity index (χ0n) is 18.7. The fraction of sp³-hybridized carbons (Fsp3) is 0.615. The second-order valence-electron chi connectivity index (χ2n) is 8.49. The third kappa shape index (κ3) is 8.65. The van der Waals surface area contributed by atoms with Crippen LogP contribution in [0.4, 0.5) is 0 Å². The van der Waals surface area contributed by atoms with Crippen molar-refractivity contribution in [3.05, 3.63) is 47.8 Å². The number of hydrogen-bond donors (Lipinski definition) is 1. The molecule has 0 aliphatic heterocycles. The predicted octanol–water partition coefficient (Wildman–Crippen LogP) is 6.78. The summed E-state index contributed by atoms with van der Waals surface area (Å²) in [4.78, 5) is 9.14. The minimum absolute atomic E-state index is 0.280. The molecule has 0 bridgehead atoms. The van der Waals surface area contributed by atoms with Gasteiger partial charge in [-0.25, -0.2) is 9.97 Å². The Hall–Kier alpha value is -1.74. The normalized spacial score (nSPS) is 13.4. The van der Waals surface area contributed by atoms with Gasteiger partial charge in [0.25, 0.3) is 0 Å². The summed E-state index contributed by atoms with van der Waals surface area (Å²) in [6, 6.07) is 8.29. The Kier molecular flexibility index (Phi) is 10.9. The minimum atomic E-state index is -0.280. The lowest BCUT2D eigenvalue weighted by atomic mass is 9.95. The molecule has 0 spiro atoms. The molecule has 1 aromatic carbocycles. The van der Waals surface area contributed by atoms with Crippen molar-refractivity contribution in [1.82, 2.24) is 9.97 Å². The van der Waals surface area contributed by atoms with E-state index in [1.165, 1.54) is 56.9 Å². The van der Waals surface area contributed by atoms with E-state index in [0.29, 0.717) is 12.3 Å². The maximum Gasteiger partial charge on any atom is 0.159 e. The first kappa shape index (κ1) is 23.5. The van der Waals surface area contributed by atoms with Gasteiger partial charge in [0, 0.05) is 18.0 Å². The molecule has 0 aliphatic rings. The van der Waals surface area contributed by atoms with Crippen LogP contribution in [-0.4, -0.2) is 21.2 Å². The standard InChI is InChI=1S/C26H40N2O/c1-4-6-7-8-9-10-11-12-13-23-19-27-26(28-20-23)24-16-14-22(15-17-24)18-25(29)21(3)5-2/h14-17,19-21,25,29H,4-13,18H2,1-3H3/t21-,25-/m0/s1. The number of hydrogen-bond acceptors (Lipinski definition) is 3. The second-order valence-corrected chi connectivity index (χ2v) is 8.49. The Morgan fingerprint density at radius 3 is 1.97 bits per heavy atom. The minimum Gasteiger partial charge on any atom is -0.393 e. The molecule has 2 atom stereocenters. The number of nitrogens with zero attached hydrogens (tertiary/aromatic N) is 2. The Morgan fingerprint density at radius 1 is 0.793 bits per heavy atom. The van der Waals surface area contributed by atoms with E-state index in [2.05, 4.69) is 55.0 Å². The lowest BCUT2D eigenvalue weighted by molar-refractivity contribution is 0.115. The highest BCUT2D eigenvalue weighted by molar-refractivity contribution is 5.55. The Bertz CT molecular complexity index is 666. The largest absolute Gasteiger partial charge is 0.393 e. The van der Waals surface area contributed by atoms with E-state index in [1.54, 1.807) is 0 Å². The number of benzene rings is 1. The van der Waals surface area contributed by atoms with E-state index < -0.39 is 0 Å². The van der Waals surface area contributed by atoms with Crippen molar-refractivity contribution in [2.24, 2.45) is 5.92 Å². The Morgan fingerprint density at radius 2 is 1.38 bits per heavy atom. The summed E-state index contributed by atoms with van der Waals surface area (Å²) in [5.74, 6) is 1.10. The van der Waals surface area contributed by atoms with E-state index in [4.69, 9.17) is 0 Å². The van der Waals surface area contributed by atoms with Crippen molar-refractivity contribution in [3.8, 4) is 11.4 Å². The van der Waals surface area contributed by atoms with Crippen molar-refractivity contribution in [1.29, 1.82) is 0 Å². The third-order valence-electron chi connectivity index (χ3n) is 5.98. The molecule has 0 amide bonds. The maximum absolute atomic E-state index is 10.2. The smallest absolute Gasteiger partial charge is 0.159 e.